The lowest BCUT2D eigenvalue weighted by Gasteiger charge is -2.26. The molecule has 0 bridgehead atoms. The minimum Gasteiger partial charge on any atom is -0.383 e. The zero-order valence-electron chi connectivity index (χ0n) is 13.2. The molecule has 22 heavy (non-hydrogen) atoms. The summed E-state index contributed by atoms with van der Waals surface area (Å²) in [5.41, 5.74) is 3.38. The van der Waals surface area contributed by atoms with E-state index in [4.69, 9.17) is 9.84 Å². The van der Waals surface area contributed by atoms with Crippen LogP contribution in [0.15, 0.2) is 30.5 Å². The lowest BCUT2D eigenvalue weighted by Crippen LogP contribution is -2.29. The van der Waals surface area contributed by atoms with Gasteiger partial charge in [0.25, 0.3) is 0 Å². The standard InChI is InChI=1S/C16H23N5O/c1-20(16(12-22-2)15-5-3-4-6-18-15)11-13-9-14-10-17-7-8-21(14)19-13/h3-6,9,16-17H,7-8,10-12H2,1-2H3/t16-/m0/s1. The van der Waals surface area contributed by atoms with Crippen molar-refractivity contribution in [3.63, 3.8) is 0 Å². The molecule has 1 aliphatic heterocycles. The normalized spacial score (nSPS) is 15.8. The van der Waals surface area contributed by atoms with E-state index in [0.717, 1.165) is 37.6 Å². The molecule has 6 nitrogen and oxygen atoms in total. The number of ether oxygens (including phenoxy) is 1. The van der Waals surface area contributed by atoms with Crippen molar-refractivity contribution in [3.05, 3.63) is 47.5 Å². The molecule has 3 rings (SSSR count). The van der Waals surface area contributed by atoms with E-state index in [2.05, 4.69) is 33.0 Å². The minimum absolute atomic E-state index is 0.128. The molecule has 0 spiro atoms. The molecule has 0 amide bonds. The van der Waals surface area contributed by atoms with E-state index in [0.29, 0.717) is 6.61 Å². The number of aromatic nitrogens is 3. The average Bonchev–Trinajstić information content (AvgIpc) is 2.95. The Morgan fingerprint density at radius 1 is 1.45 bits per heavy atom. The molecule has 2 aromatic rings. The van der Waals surface area contributed by atoms with Gasteiger partial charge in [-0.1, -0.05) is 6.07 Å². The molecule has 0 saturated heterocycles. The monoisotopic (exact) mass is 301 g/mol. The number of likely N-dealkylation sites (N-methyl/N-ethyl adjacent to an activating group) is 1. The number of fused-ring (bicyclic) bond motifs is 1. The quantitative estimate of drug-likeness (QED) is 0.869. The fraction of sp³-hybridized carbons (Fsp3) is 0.500. The van der Waals surface area contributed by atoms with Crippen LogP contribution in [0.4, 0.5) is 0 Å². The fourth-order valence-electron chi connectivity index (χ4n) is 2.86. The van der Waals surface area contributed by atoms with E-state index in [1.54, 1.807) is 7.11 Å². The van der Waals surface area contributed by atoms with Gasteiger partial charge in [-0.25, -0.2) is 0 Å². The zero-order valence-corrected chi connectivity index (χ0v) is 13.2. The highest BCUT2D eigenvalue weighted by Gasteiger charge is 2.20. The number of nitrogens with zero attached hydrogens (tertiary/aromatic N) is 4. The molecule has 6 heteroatoms. The van der Waals surface area contributed by atoms with E-state index < -0.39 is 0 Å². The van der Waals surface area contributed by atoms with Gasteiger partial charge in [0, 0.05) is 32.9 Å². The van der Waals surface area contributed by atoms with Gasteiger partial charge in [-0.05, 0) is 25.2 Å². The molecule has 0 fully saturated rings. The second kappa shape index (κ2) is 7.00. The van der Waals surface area contributed by atoms with Crippen LogP contribution < -0.4 is 5.32 Å². The Bertz CT molecular complexity index is 574. The third-order valence-corrected chi connectivity index (χ3v) is 4.02. The van der Waals surface area contributed by atoms with Crippen molar-refractivity contribution in [1.29, 1.82) is 0 Å². The first kappa shape index (κ1) is 15.1. The molecule has 0 aliphatic carbocycles. The Morgan fingerprint density at radius 3 is 3.09 bits per heavy atom. The van der Waals surface area contributed by atoms with E-state index in [9.17, 15) is 0 Å². The number of nitrogens with one attached hydrogen (secondary N) is 1. The lowest BCUT2D eigenvalue weighted by molar-refractivity contribution is 0.0991. The fourth-order valence-corrected chi connectivity index (χ4v) is 2.86. The molecule has 0 saturated carbocycles. The van der Waals surface area contributed by atoms with Crippen LogP contribution in [-0.2, 0) is 24.4 Å². The number of hydrogen-bond donors (Lipinski definition) is 1. The van der Waals surface area contributed by atoms with Gasteiger partial charge >= 0.3 is 0 Å². The Hall–Kier alpha value is -1.76. The molecule has 1 N–H and O–H groups in total. The topological polar surface area (TPSA) is 55.2 Å². The van der Waals surface area contributed by atoms with Gasteiger partial charge in [0.2, 0.25) is 0 Å². The molecular weight excluding hydrogens is 278 g/mol. The average molecular weight is 301 g/mol. The summed E-state index contributed by atoms with van der Waals surface area (Å²) in [6.07, 6.45) is 1.83. The molecule has 0 unspecified atom stereocenters. The van der Waals surface area contributed by atoms with Crippen molar-refractivity contribution >= 4 is 0 Å². The van der Waals surface area contributed by atoms with Crippen molar-refractivity contribution in [2.45, 2.75) is 25.7 Å². The molecule has 3 heterocycles. The Kier molecular flexibility index (Phi) is 4.82. The molecule has 118 valence electrons. The third-order valence-electron chi connectivity index (χ3n) is 4.02. The van der Waals surface area contributed by atoms with Crippen LogP contribution in [-0.4, -0.2) is 47.0 Å². The van der Waals surface area contributed by atoms with Crippen molar-refractivity contribution in [2.75, 3.05) is 27.3 Å². The van der Waals surface area contributed by atoms with Gasteiger partial charge in [-0.15, -0.1) is 0 Å². The highest BCUT2D eigenvalue weighted by molar-refractivity contribution is 5.13. The molecule has 1 atom stereocenters. The maximum atomic E-state index is 5.38. The summed E-state index contributed by atoms with van der Waals surface area (Å²) in [7, 11) is 3.82. The van der Waals surface area contributed by atoms with Gasteiger partial charge in [-0.2, -0.15) is 5.10 Å². The number of pyridine rings is 1. The Morgan fingerprint density at radius 2 is 2.36 bits per heavy atom. The largest absolute Gasteiger partial charge is 0.383 e. The molecule has 2 aromatic heterocycles. The highest BCUT2D eigenvalue weighted by Crippen LogP contribution is 2.20. The predicted octanol–water partition coefficient (Wildman–Crippen LogP) is 1.20. The lowest BCUT2D eigenvalue weighted by atomic mass is 10.1. The predicted molar refractivity (Wildman–Crippen MR) is 84.3 cm³/mol. The maximum absolute atomic E-state index is 5.38. The Balaban J connectivity index is 1.73. The van der Waals surface area contributed by atoms with Gasteiger partial charge < -0.3 is 10.1 Å². The van der Waals surface area contributed by atoms with Crippen LogP contribution in [0.25, 0.3) is 0 Å². The summed E-state index contributed by atoms with van der Waals surface area (Å²) < 4.78 is 7.48. The van der Waals surface area contributed by atoms with E-state index >= 15 is 0 Å². The number of rotatable bonds is 6. The van der Waals surface area contributed by atoms with Crippen LogP contribution >= 0.6 is 0 Å². The van der Waals surface area contributed by atoms with Gasteiger partial charge in [0.15, 0.2) is 0 Å². The summed E-state index contributed by atoms with van der Waals surface area (Å²) in [5, 5.41) is 8.07. The van der Waals surface area contributed by atoms with Crippen molar-refractivity contribution in [2.24, 2.45) is 0 Å². The SMILES string of the molecule is COC[C@@H](c1ccccn1)N(C)Cc1cc2n(n1)CCNC2. The maximum Gasteiger partial charge on any atom is 0.0768 e. The Labute approximate surface area is 131 Å². The van der Waals surface area contributed by atoms with E-state index in [-0.39, 0.29) is 6.04 Å². The van der Waals surface area contributed by atoms with Gasteiger partial charge in [0.05, 0.1) is 36.3 Å². The van der Waals surface area contributed by atoms with Crippen molar-refractivity contribution in [3.8, 4) is 0 Å². The second-order valence-corrected chi connectivity index (χ2v) is 5.67. The summed E-state index contributed by atoms with van der Waals surface area (Å²) >= 11 is 0. The third kappa shape index (κ3) is 3.35. The zero-order chi connectivity index (χ0) is 15.4. The van der Waals surface area contributed by atoms with Crippen LogP contribution in [0.3, 0.4) is 0 Å². The number of methoxy groups -OCH3 is 1. The van der Waals surface area contributed by atoms with Crippen LogP contribution in [0.2, 0.25) is 0 Å². The molecule has 0 radical (unpaired) electrons. The minimum atomic E-state index is 0.128. The highest BCUT2D eigenvalue weighted by atomic mass is 16.5. The second-order valence-electron chi connectivity index (χ2n) is 5.67. The van der Waals surface area contributed by atoms with Crippen LogP contribution in [0.5, 0.6) is 0 Å². The summed E-state index contributed by atoms with van der Waals surface area (Å²) in [6.45, 7) is 4.23. The van der Waals surface area contributed by atoms with Gasteiger partial charge in [0.1, 0.15) is 0 Å². The summed E-state index contributed by atoms with van der Waals surface area (Å²) in [5.74, 6) is 0. The van der Waals surface area contributed by atoms with Crippen LogP contribution in [0.1, 0.15) is 23.1 Å². The van der Waals surface area contributed by atoms with E-state index in [1.807, 2.05) is 24.4 Å². The summed E-state index contributed by atoms with van der Waals surface area (Å²) in [6, 6.07) is 8.31. The van der Waals surface area contributed by atoms with Gasteiger partial charge in [-0.3, -0.25) is 14.6 Å². The first-order chi connectivity index (χ1) is 10.8. The molecule has 0 aromatic carbocycles. The van der Waals surface area contributed by atoms with Crippen LogP contribution in [0, 0.1) is 0 Å². The molecular formula is C16H23N5O. The summed E-state index contributed by atoms with van der Waals surface area (Å²) in [4.78, 5) is 6.71. The smallest absolute Gasteiger partial charge is 0.0768 e. The van der Waals surface area contributed by atoms with Crippen molar-refractivity contribution < 1.29 is 4.74 Å². The van der Waals surface area contributed by atoms with E-state index in [1.165, 1.54) is 5.69 Å². The molecule has 1 aliphatic rings. The van der Waals surface area contributed by atoms with Crippen molar-refractivity contribution in [1.82, 2.24) is 25.0 Å². The first-order valence-electron chi connectivity index (χ1n) is 7.64. The first-order valence-corrected chi connectivity index (χ1v) is 7.64. The number of hydrogen-bond acceptors (Lipinski definition) is 5.